The first-order valence-electron chi connectivity index (χ1n) is 10.6. The molecule has 2 saturated heterocycles. The average molecular weight is 528 g/mol. The number of amides is 2. The Labute approximate surface area is 195 Å². The second-order valence-electron chi connectivity index (χ2n) is 7.65. The van der Waals surface area contributed by atoms with E-state index < -0.39 is 0 Å². The second-order valence-corrected chi connectivity index (χ2v) is 7.65. The third-order valence-corrected chi connectivity index (χ3v) is 5.38. The van der Waals surface area contributed by atoms with Crippen LogP contribution in [0.5, 0.6) is 0 Å². The summed E-state index contributed by atoms with van der Waals surface area (Å²) >= 11 is 0. The molecule has 1 aromatic rings. The largest absolute Gasteiger partial charge is 0.357 e. The van der Waals surface area contributed by atoms with Gasteiger partial charge in [0.1, 0.15) is 5.82 Å². The van der Waals surface area contributed by atoms with Crippen molar-refractivity contribution in [1.82, 2.24) is 20.5 Å². The second kappa shape index (κ2) is 12.1. The molecule has 0 spiro atoms. The van der Waals surface area contributed by atoms with Gasteiger partial charge in [-0.05, 0) is 44.7 Å². The third kappa shape index (κ3) is 6.82. The lowest BCUT2D eigenvalue weighted by Crippen LogP contribution is -2.49. The summed E-state index contributed by atoms with van der Waals surface area (Å²) in [6.07, 6.45) is 5.50. The number of nitrogens with zero attached hydrogens (tertiary/aromatic N) is 4. The van der Waals surface area contributed by atoms with Crippen LogP contribution in [0.3, 0.4) is 0 Å². The van der Waals surface area contributed by atoms with E-state index in [0.29, 0.717) is 38.4 Å². The number of halogens is 1. The Morgan fingerprint density at radius 3 is 2.50 bits per heavy atom. The SMILES string of the molecule is CCNC(=NCCN1C(=O)CCCC1=O)NC1CCN(c2ccc(C)cn2)CC1.I. The van der Waals surface area contributed by atoms with Gasteiger partial charge < -0.3 is 15.5 Å². The maximum Gasteiger partial charge on any atom is 0.229 e. The number of aryl methyl sites for hydroxylation is 1. The van der Waals surface area contributed by atoms with Crippen molar-refractivity contribution in [2.24, 2.45) is 4.99 Å². The predicted molar refractivity (Wildman–Crippen MR) is 129 cm³/mol. The summed E-state index contributed by atoms with van der Waals surface area (Å²) in [7, 11) is 0. The third-order valence-electron chi connectivity index (χ3n) is 5.38. The number of carbonyl (C=O) groups is 2. The van der Waals surface area contributed by atoms with Gasteiger partial charge in [-0.25, -0.2) is 4.98 Å². The van der Waals surface area contributed by atoms with Crippen LogP contribution in [0, 0.1) is 6.92 Å². The van der Waals surface area contributed by atoms with Gasteiger partial charge in [-0.15, -0.1) is 24.0 Å². The van der Waals surface area contributed by atoms with Gasteiger partial charge >= 0.3 is 0 Å². The minimum Gasteiger partial charge on any atom is -0.357 e. The quantitative estimate of drug-likeness (QED) is 0.255. The molecule has 30 heavy (non-hydrogen) atoms. The van der Waals surface area contributed by atoms with Crippen molar-refractivity contribution in [3.8, 4) is 0 Å². The van der Waals surface area contributed by atoms with Crippen LogP contribution in [0.1, 0.15) is 44.6 Å². The lowest BCUT2D eigenvalue weighted by atomic mass is 10.1. The lowest BCUT2D eigenvalue weighted by Gasteiger charge is -2.34. The van der Waals surface area contributed by atoms with E-state index in [9.17, 15) is 9.59 Å². The van der Waals surface area contributed by atoms with E-state index in [1.807, 2.05) is 20.0 Å². The van der Waals surface area contributed by atoms with Crippen molar-refractivity contribution in [3.05, 3.63) is 23.9 Å². The molecule has 2 N–H and O–H groups in total. The standard InChI is InChI=1S/C21H32N6O2.HI/c1-3-22-21(23-11-14-27-19(28)5-4-6-20(27)29)25-17-9-12-26(13-10-17)18-8-7-16(2)15-24-18;/h7-8,15,17H,3-6,9-14H2,1-2H3,(H2,22,23,25);1H. The smallest absolute Gasteiger partial charge is 0.229 e. The van der Waals surface area contributed by atoms with Gasteiger partial charge in [-0.3, -0.25) is 19.5 Å². The number of likely N-dealkylation sites (tertiary alicyclic amines) is 1. The molecule has 0 radical (unpaired) electrons. The predicted octanol–water partition coefficient (Wildman–Crippen LogP) is 2.07. The highest BCUT2D eigenvalue weighted by Gasteiger charge is 2.25. The fraction of sp³-hybridized carbons (Fsp3) is 0.619. The summed E-state index contributed by atoms with van der Waals surface area (Å²) in [5.41, 5.74) is 1.17. The number of pyridine rings is 1. The average Bonchev–Trinajstić information content (AvgIpc) is 2.71. The number of guanidine groups is 1. The molecule has 0 aliphatic carbocycles. The van der Waals surface area contributed by atoms with E-state index in [4.69, 9.17) is 0 Å². The van der Waals surface area contributed by atoms with E-state index in [0.717, 1.165) is 44.3 Å². The number of anilines is 1. The van der Waals surface area contributed by atoms with Gasteiger partial charge in [-0.1, -0.05) is 6.07 Å². The first kappa shape index (κ1) is 24.4. The molecule has 0 bridgehead atoms. The van der Waals surface area contributed by atoms with Crippen molar-refractivity contribution in [2.45, 2.75) is 52.0 Å². The van der Waals surface area contributed by atoms with Crippen LogP contribution in [-0.4, -0.2) is 66.4 Å². The number of nitrogens with one attached hydrogen (secondary N) is 2. The maximum absolute atomic E-state index is 11.9. The van der Waals surface area contributed by atoms with E-state index in [-0.39, 0.29) is 35.8 Å². The molecule has 3 heterocycles. The fourth-order valence-electron chi connectivity index (χ4n) is 3.72. The van der Waals surface area contributed by atoms with Gasteiger partial charge in [-0.2, -0.15) is 0 Å². The zero-order valence-corrected chi connectivity index (χ0v) is 20.2. The topological polar surface area (TPSA) is 89.9 Å². The minimum atomic E-state index is -0.0773. The van der Waals surface area contributed by atoms with Crippen LogP contribution in [0.2, 0.25) is 0 Å². The Morgan fingerprint density at radius 2 is 1.90 bits per heavy atom. The van der Waals surface area contributed by atoms with Crippen molar-refractivity contribution in [2.75, 3.05) is 37.6 Å². The van der Waals surface area contributed by atoms with E-state index >= 15 is 0 Å². The van der Waals surface area contributed by atoms with Gasteiger partial charge in [0.05, 0.1) is 6.54 Å². The zero-order valence-electron chi connectivity index (χ0n) is 17.9. The highest BCUT2D eigenvalue weighted by atomic mass is 127. The Bertz CT molecular complexity index is 716. The number of aliphatic imine (C=N–C) groups is 1. The maximum atomic E-state index is 11.9. The van der Waals surface area contributed by atoms with E-state index in [1.165, 1.54) is 10.5 Å². The highest BCUT2D eigenvalue weighted by Crippen LogP contribution is 2.18. The molecule has 2 fully saturated rings. The molecule has 2 aliphatic heterocycles. The van der Waals surface area contributed by atoms with Gasteiger partial charge in [0.25, 0.3) is 0 Å². The van der Waals surface area contributed by atoms with Crippen LogP contribution in [0.15, 0.2) is 23.3 Å². The summed E-state index contributed by atoms with van der Waals surface area (Å²) in [5.74, 6) is 1.62. The molecule has 8 nitrogen and oxygen atoms in total. The number of piperidine rings is 2. The van der Waals surface area contributed by atoms with Crippen LogP contribution in [0.25, 0.3) is 0 Å². The molecule has 9 heteroatoms. The lowest BCUT2D eigenvalue weighted by molar-refractivity contribution is -0.147. The minimum absolute atomic E-state index is 0. The van der Waals surface area contributed by atoms with Gasteiger partial charge in [0, 0.05) is 51.3 Å². The Balaban J connectivity index is 0.00000320. The first-order chi connectivity index (χ1) is 14.1. The summed E-state index contributed by atoms with van der Waals surface area (Å²) in [6, 6.07) is 4.52. The molecule has 0 aromatic carbocycles. The fourth-order valence-corrected chi connectivity index (χ4v) is 3.72. The summed E-state index contributed by atoms with van der Waals surface area (Å²) in [5, 5.41) is 6.77. The molecular weight excluding hydrogens is 495 g/mol. The first-order valence-corrected chi connectivity index (χ1v) is 10.6. The van der Waals surface area contributed by atoms with Crippen molar-refractivity contribution < 1.29 is 9.59 Å². The monoisotopic (exact) mass is 528 g/mol. The molecular formula is C21H33IN6O2. The van der Waals surface area contributed by atoms with Crippen LogP contribution in [0.4, 0.5) is 5.82 Å². The molecule has 2 amide bonds. The molecule has 0 unspecified atom stereocenters. The normalized spacial score (nSPS) is 18.3. The molecule has 0 saturated carbocycles. The summed E-state index contributed by atoms with van der Waals surface area (Å²) in [4.78, 5) is 36.6. The Morgan fingerprint density at radius 1 is 1.20 bits per heavy atom. The number of carbonyl (C=O) groups excluding carboxylic acids is 2. The van der Waals surface area contributed by atoms with Crippen LogP contribution >= 0.6 is 24.0 Å². The van der Waals surface area contributed by atoms with Crippen molar-refractivity contribution in [1.29, 1.82) is 0 Å². The highest BCUT2D eigenvalue weighted by molar-refractivity contribution is 14.0. The molecule has 2 aliphatic rings. The van der Waals surface area contributed by atoms with Gasteiger partial charge in [0.15, 0.2) is 5.96 Å². The number of aromatic nitrogens is 1. The van der Waals surface area contributed by atoms with E-state index in [2.05, 4.69) is 37.6 Å². The number of hydrogen-bond acceptors (Lipinski definition) is 5. The van der Waals surface area contributed by atoms with Crippen LogP contribution in [-0.2, 0) is 9.59 Å². The summed E-state index contributed by atoms with van der Waals surface area (Å²) < 4.78 is 0. The number of imide groups is 1. The van der Waals surface area contributed by atoms with Crippen molar-refractivity contribution >= 4 is 47.6 Å². The summed E-state index contributed by atoms with van der Waals surface area (Å²) in [6.45, 7) is 7.50. The molecule has 166 valence electrons. The Kier molecular flexibility index (Phi) is 9.80. The molecule has 0 atom stereocenters. The zero-order chi connectivity index (χ0) is 20.6. The van der Waals surface area contributed by atoms with E-state index in [1.54, 1.807) is 0 Å². The molecule has 3 rings (SSSR count). The van der Waals surface area contributed by atoms with Crippen molar-refractivity contribution in [3.63, 3.8) is 0 Å². The number of rotatable bonds is 6. The van der Waals surface area contributed by atoms with Crippen LogP contribution < -0.4 is 15.5 Å². The van der Waals surface area contributed by atoms with Gasteiger partial charge in [0.2, 0.25) is 11.8 Å². The molecule has 1 aromatic heterocycles. The Hall–Kier alpha value is -1.91. The number of hydrogen-bond donors (Lipinski definition) is 2.